The molecule has 2 aromatic rings. The molecular formula is C25H33NO5. The highest BCUT2D eigenvalue weighted by Gasteiger charge is 2.26. The topological polar surface area (TPSA) is 57.2 Å². The molecule has 6 heteroatoms. The quantitative estimate of drug-likeness (QED) is 0.598. The number of methoxy groups -OCH3 is 4. The highest BCUT2D eigenvalue weighted by molar-refractivity contribution is 5.79. The Balaban J connectivity index is 1.65. The predicted molar refractivity (Wildman–Crippen MR) is 120 cm³/mol. The Morgan fingerprint density at radius 2 is 1.42 bits per heavy atom. The molecule has 31 heavy (non-hydrogen) atoms. The zero-order valence-electron chi connectivity index (χ0n) is 19.0. The number of hydrogen-bond acceptors (Lipinski definition) is 5. The third-order valence-electron chi connectivity index (χ3n) is 5.96. The van der Waals surface area contributed by atoms with Crippen LogP contribution in [0.3, 0.4) is 0 Å². The van der Waals surface area contributed by atoms with Gasteiger partial charge in [0, 0.05) is 12.6 Å². The third-order valence-corrected chi connectivity index (χ3v) is 5.96. The molecule has 3 rings (SSSR count). The largest absolute Gasteiger partial charge is 0.493 e. The minimum atomic E-state index is 0.171. The van der Waals surface area contributed by atoms with Crippen LogP contribution in [-0.2, 0) is 17.6 Å². The van der Waals surface area contributed by atoms with E-state index in [0.29, 0.717) is 17.9 Å². The maximum absolute atomic E-state index is 13.1. The first-order chi connectivity index (χ1) is 15.1. The molecule has 1 fully saturated rings. The Labute approximate surface area is 185 Å². The van der Waals surface area contributed by atoms with Crippen LogP contribution in [0.25, 0.3) is 0 Å². The molecule has 6 nitrogen and oxygen atoms in total. The standard InChI is InChI=1S/C25H33NO5/c1-28-21-12-9-18(15-23(21)30-3)8-11-20-7-5-6-14-26(20)25(27)17-19-10-13-22(29-2)24(16-19)31-4/h9-10,12-13,15-16,20H,5-8,11,14,17H2,1-4H3. The Hall–Kier alpha value is -2.89. The number of hydrogen-bond donors (Lipinski definition) is 0. The van der Waals surface area contributed by atoms with Gasteiger partial charge in [0.15, 0.2) is 23.0 Å². The first-order valence-electron chi connectivity index (χ1n) is 10.8. The van der Waals surface area contributed by atoms with Crippen molar-refractivity contribution in [3.63, 3.8) is 0 Å². The molecule has 0 saturated carbocycles. The van der Waals surface area contributed by atoms with Crippen molar-refractivity contribution in [3.8, 4) is 23.0 Å². The molecule has 0 spiro atoms. The predicted octanol–water partition coefficient (Wildman–Crippen LogP) is 4.28. The lowest BCUT2D eigenvalue weighted by Gasteiger charge is -2.36. The van der Waals surface area contributed by atoms with Crippen LogP contribution in [0.15, 0.2) is 36.4 Å². The van der Waals surface area contributed by atoms with Crippen molar-refractivity contribution in [2.24, 2.45) is 0 Å². The van der Waals surface area contributed by atoms with E-state index in [4.69, 9.17) is 18.9 Å². The molecule has 0 N–H and O–H groups in total. The molecule has 1 amide bonds. The van der Waals surface area contributed by atoms with E-state index < -0.39 is 0 Å². The van der Waals surface area contributed by atoms with Crippen LogP contribution in [0.5, 0.6) is 23.0 Å². The van der Waals surface area contributed by atoms with Gasteiger partial charge in [-0.15, -0.1) is 0 Å². The molecule has 168 valence electrons. The van der Waals surface area contributed by atoms with Crippen LogP contribution in [0.4, 0.5) is 0 Å². The summed E-state index contributed by atoms with van der Waals surface area (Å²) in [7, 11) is 6.51. The van der Waals surface area contributed by atoms with Crippen molar-refractivity contribution >= 4 is 5.91 Å². The summed E-state index contributed by atoms with van der Waals surface area (Å²) in [6, 6.07) is 12.0. The molecule has 0 radical (unpaired) electrons. The van der Waals surface area contributed by atoms with E-state index in [-0.39, 0.29) is 11.9 Å². The van der Waals surface area contributed by atoms with Crippen molar-refractivity contribution in [2.75, 3.05) is 35.0 Å². The van der Waals surface area contributed by atoms with Crippen LogP contribution < -0.4 is 18.9 Å². The van der Waals surface area contributed by atoms with Crippen LogP contribution in [0, 0.1) is 0 Å². The number of piperidine rings is 1. The molecule has 1 atom stereocenters. The molecule has 2 aromatic carbocycles. The van der Waals surface area contributed by atoms with Crippen molar-refractivity contribution in [2.45, 2.75) is 44.6 Å². The fraction of sp³-hybridized carbons (Fsp3) is 0.480. The van der Waals surface area contributed by atoms with Crippen LogP contribution >= 0.6 is 0 Å². The lowest BCUT2D eigenvalue weighted by atomic mass is 9.95. The lowest BCUT2D eigenvalue weighted by molar-refractivity contribution is -0.134. The van der Waals surface area contributed by atoms with Gasteiger partial charge in [-0.1, -0.05) is 12.1 Å². The van der Waals surface area contributed by atoms with Gasteiger partial charge >= 0.3 is 0 Å². The Bertz CT molecular complexity index is 882. The number of ether oxygens (including phenoxy) is 4. The summed E-state index contributed by atoms with van der Waals surface area (Å²) >= 11 is 0. The van der Waals surface area contributed by atoms with Crippen molar-refractivity contribution in [1.82, 2.24) is 4.90 Å². The van der Waals surface area contributed by atoms with Crippen LogP contribution in [0.2, 0.25) is 0 Å². The summed E-state index contributed by atoms with van der Waals surface area (Å²) in [5.74, 6) is 2.96. The normalized spacial score (nSPS) is 16.0. The zero-order chi connectivity index (χ0) is 22.2. The summed E-state index contributed by atoms with van der Waals surface area (Å²) in [6.45, 7) is 0.822. The first kappa shape index (κ1) is 22.8. The Morgan fingerprint density at radius 1 is 0.839 bits per heavy atom. The van der Waals surface area contributed by atoms with Gasteiger partial charge in [0.05, 0.1) is 34.9 Å². The summed E-state index contributed by atoms with van der Waals surface area (Å²) in [5, 5.41) is 0. The number of aryl methyl sites for hydroxylation is 1. The highest BCUT2D eigenvalue weighted by Crippen LogP contribution is 2.30. The minimum absolute atomic E-state index is 0.171. The fourth-order valence-electron chi connectivity index (χ4n) is 4.27. The second kappa shape index (κ2) is 10.9. The van der Waals surface area contributed by atoms with Crippen LogP contribution in [0.1, 0.15) is 36.8 Å². The molecule has 0 aromatic heterocycles. The van der Waals surface area contributed by atoms with Gasteiger partial charge in [0.2, 0.25) is 5.91 Å². The van der Waals surface area contributed by atoms with Crippen LogP contribution in [-0.4, -0.2) is 51.8 Å². The molecular weight excluding hydrogens is 394 g/mol. The van der Waals surface area contributed by atoms with E-state index in [9.17, 15) is 4.79 Å². The van der Waals surface area contributed by atoms with E-state index in [0.717, 1.165) is 55.7 Å². The molecule has 1 heterocycles. The van der Waals surface area contributed by atoms with Gasteiger partial charge in [0.25, 0.3) is 0 Å². The summed E-state index contributed by atoms with van der Waals surface area (Å²) in [5.41, 5.74) is 2.13. The van der Waals surface area contributed by atoms with Gasteiger partial charge in [-0.3, -0.25) is 4.79 Å². The molecule has 1 aliphatic heterocycles. The van der Waals surface area contributed by atoms with Gasteiger partial charge in [-0.25, -0.2) is 0 Å². The van der Waals surface area contributed by atoms with E-state index in [1.807, 2.05) is 30.3 Å². The number of carbonyl (C=O) groups is 1. The van der Waals surface area contributed by atoms with Gasteiger partial charge in [0.1, 0.15) is 0 Å². The second-order valence-corrected chi connectivity index (χ2v) is 7.83. The number of carbonyl (C=O) groups excluding carboxylic acids is 1. The van der Waals surface area contributed by atoms with E-state index in [2.05, 4.69) is 11.0 Å². The first-order valence-corrected chi connectivity index (χ1v) is 10.8. The van der Waals surface area contributed by atoms with E-state index in [1.54, 1.807) is 28.4 Å². The van der Waals surface area contributed by atoms with Crippen molar-refractivity contribution < 1.29 is 23.7 Å². The molecule has 0 bridgehead atoms. The Kier molecular flexibility index (Phi) is 8.04. The summed E-state index contributed by atoms with van der Waals surface area (Å²) in [6.07, 6.45) is 5.47. The third kappa shape index (κ3) is 5.63. The monoisotopic (exact) mass is 427 g/mol. The molecule has 0 aliphatic carbocycles. The molecule has 1 saturated heterocycles. The number of nitrogens with zero attached hydrogens (tertiary/aromatic N) is 1. The number of amides is 1. The van der Waals surface area contributed by atoms with Gasteiger partial charge < -0.3 is 23.8 Å². The summed E-state index contributed by atoms with van der Waals surface area (Å²) < 4.78 is 21.4. The van der Waals surface area contributed by atoms with Crippen molar-refractivity contribution in [3.05, 3.63) is 47.5 Å². The maximum Gasteiger partial charge on any atom is 0.227 e. The maximum atomic E-state index is 13.1. The van der Waals surface area contributed by atoms with Gasteiger partial charge in [-0.05, 0) is 67.5 Å². The fourth-order valence-corrected chi connectivity index (χ4v) is 4.27. The average Bonchev–Trinajstić information content (AvgIpc) is 2.82. The smallest absolute Gasteiger partial charge is 0.227 e. The lowest BCUT2D eigenvalue weighted by Crippen LogP contribution is -2.44. The number of rotatable bonds is 9. The zero-order valence-corrected chi connectivity index (χ0v) is 19.0. The average molecular weight is 428 g/mol. The minimum Gasteiger partial charge on any atom is -0.493 e. The molecule has 1 aliphatic rings. The molecule has 1 unspecified atom stereocenters. The van der Waals surface area contributed by atoms with Crippen molar-refractivity contribution in [1.29, 1.82) is 0 Å². The van der Waals surface area contributed by atoms with E-state index in [1.165, 1.54) is 5.56 Å². The number of benzene rings is 2. The SMILES string of the molecule is COc1ccc(CCC2CCCCN2C(=O)Cc2ccc(OC)c(OC)c2)cc1OC. The summed E-state index contributed by atoms with van der Waals surface area (Å²) in [4.78, 5) is 15.2. The van der Waals surface area contributed by atoms with E-state index >= 15 is 0 Å². The van der Waals surface area contributed by atoms with Gasteiger partial charge in [-0.2, -0.15) is 0 Å². The highest BCUT2D eigenvalue weighted by atomic mass is 16.5. The Morgan fingerprint density at radius 3 is 2.03 bits per heavy atom. The number of likely N-dealkylation sites (tertiary alicyclic amines) is 1. The second-order valence-electron chi connectivity index (χ2n) is 7.83.